The number of ether oxygens (including phenoxy) is 1. The van der Waals surface area contributed by atoms with Gasteiger partial charge in [-0.25, -0.2) is 4.79 Å². The van der Waals surface area contributed by atoms with E-state index >= 15 is 0 Å². The highest BCUT2D eigenvalue weighted by Crippen LogP contribution is 2.41. The first-order valence-electron chi connectivity index (χ1n) is 9.49. The van der Waals surface area contributed by atoms with E-state index in [1.165, 1.54) is 5.56 Å². The quantitative estimate of drug-likeness (QED) is 0.696. The second-order valence-corrected chi connectivity index (χ2v) is 7.04. The fraction of sp³-hybridized carbons (Fsp3) is 0.261. The molecule has 2 aromatic carbocycles. The highest BCUT2D eigenvalue weighted by atomic mass is 16.5. The van der Waals surface area contributed by atoms with Crippen LogP contribution in [-0.2, 0) is 17.6 Å². The highest BCUT2D eigenvalue weighted by molar-refractivity contribution is 5.85. The van der Waals surface area contributed by atoms with Crippen molar-refractivity contribution < 1.29 is 9.15 Å². The fourth-order valence-electron chi connectivity index (χ4n) is 4.22. The molecule has 0 atom stereocenters. The second kappa shape index (κ2) is 6.71. The number of aryl methyl sites for hydroxylation is 1. The lowest BCUT2D eigenvalue weighted by Crippen LogP contribution is -2.38. The van der Waals surface area contributed by atoms with Gasteiger partial charge in [0, 0.05) is 24.2 Å². The van der Waals surface area contributed by atoms with Gasteiger partial charge in [-0.2, -0.15) is 0 Å². The highest BCUT2D eigenvalue weighted by Gasteiger charge is 2.29. The Morgan fingerprint density at radius 2 is 1.59 bits per heavy atom. The van der Waals surface area contributed by atoms with Gasteiger partial charge < -0.3 is 14.1 Å². The summed E-state index contributed by atoms with van der Waals surface area (Å²) in [7, 11) is 0. The van der Waals surface area contributed by atoms with E-state index in [4.69, 9.17) is 9.15 Å². The zero-order chi connectivity index (χ0) is 18.2. The van der Waals surface area contributed by atoms with Crippen molar-refractivity contribution in [3.63, 3.8) is 0 Å². The molecule has 4 heteroatoms. The summed E-state index contributed by atoms with van der Waals surface area (Å²) in [5.41, 5.74) is 5.79. The maximum absolute atomic E-state index is 13.1. The topological polar surface area (TPSA) is 42.7 Å². The number of morpholine rings is 1. The summed E-state index contributed by atoms with van der Waals surface area (Å²) in [6, 6.07) is 18.1. The smallest absolute Gasteiger partial charge is 0.346 e. The lowest BCUT2D eigenvalue weighted by Gasteiger charge is -2.33. The van der Waals surface area contributed by atoms with Crippen molar-refractivity contribution >= 4 is 5.69 Å². The van der Waals surface area contributed by atoms with Crippen molar-refractivity contribution in [2.75, 3.05) is 31.2 Å². The average molecular weight is 359 g/mol. The maximum atomic E-state index is 13.1. The molecule has 136 valence electrons. The minimum Gasteiger partial charge on any atom is -0.422 e. The molecular formula is C23H21NO3. The number of hydrogen-bond donors (Lipinski definition) is 0. The van der Waals surface area contributed by atoms with Crippen LogP contribution in [0.5, 0.6) is 0 Å². The van der Waals surface area contributed by atoms with Crippen LogP contribution in [0.3, 0.4) is 0 Å². The van der Waals surface area contributed by atoms with Crippen molar-refractivity contribution in [2.24, 2.45) is 0 Å². The molecule has 0 radical (unpaired) electrons. The number of hydrogen-bond acceptors (Lipinski definition) is 4. The molecule has 0 spiro atoms. The molecule has 27 heavy (non-hydrogen) atoms. The van der Waals surface area contributed by atoms with E-state index in [2.05, 4.69) is 17.0 Å². The summed E-state index contributed by atoms with van der Waals surface area (Å²) >= 11 is 0. The summed E-state index contributed by atoms with van der Waals surface area (Å²) in [4.78, 5) is 15.4. The number of fused-ring (bicyclic) bond motifs is 3. The molecule has 3 aromatic rings. The Bertz CT molecular complexity index is 1030. The lowest BCUT2D eigenvalue weighted by molar-refractivity contribution is 0.122. The largest absolute Gasteiger partial charge is 0.422 e. The lowest BCUT2D eigenvalue weighted by atomic mass is 9.87. The SMILES string of the molecule is O=c1oc2c(c(N3CCOCC3)c1-c1ccccc1)CCc1ccccc1-2. The summed E-state index contributed by atoms with van der Waals surface area (Å²) in [5.74, 6) is 0.739. The van der Waals surface area contributed by atoms with E-state index in [0.29, 0.717) is 18.8 Å². The molecule has 1 aromatic heterocycles. The Morgan fingerprint density at radius 3 is 2.41 bits per heavy atom. The molecule has 0 unspecified atom stereocenters. The van der Waals surface area contributed by atoms with Gasteiger partial charge in [0.25, 0.3) is 0 Å². The summed E-state index contributed by atoms with van der Waals surface area (Å²) in [6.45, 7) is 2.94. The normalized spacial score (nSPS) is 15.9. The third kappa shape index (κ3) is 2.77. The first-order chi connectivity index (χ1) is 13.3. The number of anilines is 1. The van der Waals surface area contributed by atoms with Gasteiger partial charge in [0.15, 0.2) is 0 Å². The molecule has 0 amide bonds. The van der Waals surface area contributed by atoms with Crippen LogP contribution in [0.15, 0.2) is 63.8 Å². The Hall–Kier alpha value is -2.85. The predicted molar refractivity (Wildman–Crippen MR) is 106 cm³/mol. The molecule has 0 N–H and O–H groups in total. The first kappa shape index (κ1) is 16.3. The maximum Gasteiger partial charge on any atom is 0.346 e. The van der Waals surface area contributed by atoms with Crippen molar-refractivity contribution in [3.8, 4) is 22.5 Å². The minimum atomic E-state index is -0.266. The molecule has 2 aliphatic rings. The van der Waals surface area contributed by atoms with Gasteiger partial charge in [-0.1, -0.05) is 54.6 Å². The first-order valence-corrected chi connectivity index (χ1v) is 9.49. The van der Waals surface area contributed by atoms with Gasteiger partial charge in [-0.05, 0) is 24.0 Å². The molecule has 2 heterocycles. The van der Waals surface area contributed by atoms with Crippen LogP contribution < -0.4 is 10.5 Å². The van der Waals surface area contributed by atoms with Crippen LogP contribution in [-0.4, -0.2) is 26.3 Å². The molecular weight excluding hydrogens is 338 g/mol. The summed E-state index contributed by atoms with van der Waals surface area (Å²) in [6.07, 6.45) is 1.84. The fourth-order valence-corrected chi connectivity index (χ4v) is 4.22. The Morgan fingerprint density at radius 1 is 0.852 bits per heavy atom. The van der Waals surface area contributed by atoms with E-state index in [-0.39, 0.29) is 5.63 Å². The monoisotopic (exact) mass is 359 g/mol. The van der Waals surface area contributed by atoms with Gasteiger partial charge in [0.1, 0.15) is 5.76 Å². The van der Waals surface area contributed by atoms with Crippen LogP contribution in [0.2, 0.25) is 0 Å². The van der Waals surface area contributed by atoms with Crippen molar-refractivity contribution in [2.45, 2.75) is 12.8 Å². The van der Waals surface area contributed by atoms with Gasteiger partial charge in [-0.3, -0.25) is 0 Å². The van der Waals surface area contributed by atoms with Crippen LogP contribution in [0.4, 0.5) is 5.69 Å². The van der Waals surface area contributed by atoms with Crippen molar-refractivity contribution in [1.82, 2.24) is 0 Å². The zero-order valence-electron chi connectivity index (χ0n) is 15.1. The number of nitrogens with zero attached hydrogens (tertiary/aromatic N) is 1. The molecule has 0 bridgehead atoms. The minimum absolute atomic E-state index is 0.266. The van der Waals surface area contributed by atoms with E-state index < -0.39 is 0 Å². The molecule has 1 aliphatic heterocycles. The molecule has 1 saturated heterocycles. The molecule has 1 aliphatic carbocycles. The second-order valence-electron chi connectivity index (χ2n) is 7.04. The van der Waals surface area contributed by atoms with Crippen molar-refractivity contribution in [3.05, 3.63) is 76.1 Å². The average Bonchev–Trinajstić information content (AvgIpc) is 2.74. The third-order valence-corrected chi connectivity index (χ3v) is 5.49. The van der Waals surface area contributed by atoms with Crippen LogP contribution in [0.25, 0.3) is 22.5 Å². The third-order valence-electron chi connectivity index (χ3n) is 5.49. The number of benzene rings is 2. The van der Waals surface area contributed by atoms with E-state index in [0.717, 1.165) is 54.1 Å². The van der Waals surface area contributed by atoms with E-state index in [1.807, 2.05) is 42.5 Å². The summed E-state index contributed by atoms with van der Waals surface area (Å²) in [5, 5.41) is 0. The van der Waals surface area contributed by atoms with Gasteiger partial charge in [0.05, 0.1) is 24.5 Å². The predicted octanol–water partition coefficient (Wildman–Crippen LogP) is 3.91. The van der Waals surface area contributed by atoms with Gasteiger partial charge in [-0.15, -0.1) is 0 Å². The van der Waals surface area contributed by atoms with Crippen molar-refractivity contribution in [1.29, 1.82) is 0 Å². The Balaban J connectivity index is 1.80. The molecule has 0 saturated carbocycles. The van der Waals surface area contributed by atoms with Gasteiger partial charge in [0.2, 0.25) is 0 Å². The molecule has 1 fully saturated rings. The van der Waals surface area contributed by atoms with Crippen LogP contribution >= 0.6 is 0 Å². The van der Waals surface area contributed by atoms with E-state index in [1.54, 1.807) is 0 Å². The molecule has 4 nitrogen and oxygen atoms in total. The number of rotatable bonds is 2. The molecule has 5 rings (SSSR count). The van der Waals surface area contributed by atoms with E-state index in [9.17, 15) is 4.79 Å². The van der Waals surface area contributed by atoms with Crippen LogP contribution in [0.1, 0.15) is 11.1 Å². The van der Waals surface area contributed by atoms with Crippen LogP contribution in [0, 0.1) is 0 Å². The zero-order valence-corrected chi connectivity index (χ0v) is 15.1. The van der Waals surface area contributed by atoms with Gasteiger partial charge >= 0.3 is 5.63 Å². The Kier molecular flexibility index (Phi) is 4.06. The standard InChI is InChI=1S/C23H21NO3/c25-23-20(17-7-2-1-3-8-17)21(24-12-14-26-15-13-24)19-11-10-16-6-4-5-9-18(16)22(19)27-23/h1-9H,10-15H2. The Labute approximate surface area is 158 Å². The summed E-state index contributed by atoms with van der Waals surface area (Å²) < 4.78 is 11.5.